The highest BCUT2D eigenvalue weighted by molar-refractivity contribution is 6.12. The van der Waals surface area contributed by atoms with Crippen molar-refractivity contribution in [1.82, 2.24) is 4.90 Å². The van der Waals surface area contributed by atoms with E-state index in [9.17, 15) is 0 Å². The molecule has 90 valence electrons. The van der Waals surface area contributed by atoms with Crippen molar-refractivity contribution in [2.45, 2.75) is 23.8 Å². The Morgan fingerprint density at radius 2 is 2.38 bits per heavy atom. The second-order valence-corrected chi connectivity index (χ2v) is 4.59. The maximum absolute atomic E-state index is 5.98. The monoisotopic (exact) mass is 226 g/mol. The first-order valence-corrected chi connectivity index (χ1v) is 5.46. The van der Waals surface area contributed by atoms with E-state index in [1.165, 1.54) is 0 Å². The maximum Gasteiger partial charge on any atom is 0.142 e. The molecule has 2 saturated heterocycles. The van der Waals surface area contributed by atoms with Crippen molar-refractivity contribution >= 4 is 7.85 Å². The summed E-state index contributed by atoms with van der Waals surface area (Å²) in [5.41, 5.74) is 5.39. The van der Waals surface area contributed by atoms with E-state index in [1.807, 2.05) is 7.85 Å². The summed E-state index contributed by atoms with van der Waals surface area (Å²) in [6, 6.07) is 0.215. The highest BCUT2D eigenvalue weighted by atomic mass is 16.6. The van der Waals surface area contributed by atoms with Gasteiger partial charge in [0.1, 0.15) is 19.6 Å². The van der Waals surface area contributed by atoms with Crippen LogP contribution in [0.4, 0.5) is 0 Å². The van der Waals surface area contributed by atoms with Gasteiger partial charge in [0.25, 0.3) is 0 Å². The first kappa shape index (κ1) is 11.8. The summed E-state index contributed by atoms with van der Waals surface area (Å²) < 4.78 is 16.8. The first-order chi connectivity index (χ1) is 7.55. The van der Waals surface area contributed by atoms with Crippen LogP contribution in [0, 0.1) is 0 Å². The Morgan fingerprint density at radius 3 is 2.88 bits per heavy atom. The normalized spacial score (nSPS) is 41.6. The van der Waals surface area contributed by atoms with Gasteiger partial charge < -0.3 is 24.8 Å². The largest absolute Gasteiger partial charge is 0.386 e. The standard InChI is InChI=1S/C10H19BN2O3/c1-6(12)13-4-10(5-14-2)8(15-3)7(13)9(11)16-10/h7-9H,1,4-5,11-12H2,2-3H3/t7?,8?,9-,10+/m1/s1. The van der Waals surface area contributed by atoms with Gasteiger partial charge in [0.15, 0.2) is 0 Å². The Hall–Kier alpha value is -0.715. The minimum atomic E-state index is -0.407. The van der Waals surface area contributed by atoms with Gasteiger partial charge in [0.05, 0.1) is 25.0 Å². The molecule has 2 aliphatic heterocycles. The van der Waals surface area contributed by atoms with Crippen LogP contribution in [0.5, 0.6) is 0 Å². The highest BCUT2D eigenvalue weighted by Crippen LogP contribution is 2.43. The van der Waals surface area contributed by atoms with Gasteiger partial charge >= 0.3 is 0 Å². The lowest BCUT2D eigenvalue weighted by molar-refractivity contribution is -0.117. The molecule has 2 aliphatic rings. The SMILES string of the molecule is B[C@@H]1O[C@]2(COC)CN(C(=C)N)C1C2OC. The van der Waals surface area contributed by atoms with E-state index >= 15 is 0 Å². The van der Waals surface area contributed by atoms with Gasteiger partial charge in [-0.2, -0.15) is 0 Å². The summed E-state index contributed by atoms with van der Waals surface area (Å²) in [5.74, 6) is 0.570. The quantitative estimate of drug-likeness (QED) is 0.590. The molecule has 2 N–H and O–H groups in total. The van der Waals surface area contributed by atoms with Gasteiger partial charge in [0.2, 0.25) is 0 Å². The minimum Gasteiger partial charge on any atom is -0.386 e. The van der Waals surface area contributed by atoms with Crippen molar-refractivity contribution in [2.75, 3.05) is 27.4 Å². The lowest BCUT2D eigenvalue weighted by Gasteiger charge is -2.36. The Balaban J connectivity index is 2.29. The molecule has 0 aliphatic carbocycles. The number of fused-ring (bicyclic) bond motifs is 2. The van der Waals surface area contributed by atoms with Crippen LogP contribution in [0.3, 0.4) is 0 Å². The average Bonchev–Trinajstić information content (AvgIpc) is 2.65. The topological polar surface area (TPSA) is 57.0 Å². The summed E-state index contributed by atoms with van der Waals surface area (Å²) in [5, 5.41) is 0. The van der Waals surface area contributed by atoms with Gasteiger partial charge in [-0.1, -0.05) is 6.58 Å². The first-order valence-electron chi connectivity index (χ1n) is 5.46. The summed E-state index contributed by atoms with van der Waals surface area (Å²) in [6.45, 7) is 5.00. The highest BCUT2D eigenvalue weighted by Gasteiger charge is 2.62. The molecule has 16 heavy (non-hydrogen) atoms. The van der Waals surface area contributed by atoms with E-state index in [1.54, 1.807) is 14.2 Å². The molecule has 0 aromatic rings. The van der Waals surface area contributed by atoms with Crippen molar-refractivity contribution in [3.8, 4) is 0 Å². The molecule has 0 radical (unpaired) electrons. The number of nitrogens with two attached hydrogens (primary N) is 1. The molecule has 0 saturated carbocycles. The van der Waals surface area contributed by atoms with Gasteiger partial charge in [-0.05, 0) is 0 Å². The van der Waals surface area contributed by atoms with Crippen molar-refractivity contribution < 1.29 is 14.2 Å². The van der Waals surface area contributed by atoms with Crippen molar-refractivity contribution in [3.05, 3.63) is 12.4 Å². The third kappa shape index (κ3) is 1.44. The fraction of sp³-hybridized carbons (Fsp3) is 0.800. The molecule has 0 aromatic heterocycles. The lowest BCUT2D eigenvalue weighted by atomic mass is 9.90. The molecule has 2 bridgehead atoms. The molecular weight excluding hydrogens is 207 g/mol. The van der Waals surface area contributed by atoms with E-state index in [0.29, 0.717) is 19.0 Å². The molecule has 6 heteroatoms. The maximum atomic E-state index is 5.98. The van der Waals surface area contributed by atoms with E-state index in [2.05, 4.69) is 11.5 Å². The Bertz CT molecular complexity index is 302. The zero-order valence-corrected chi connectivity index (χ0v) is 10.1. The van der Waals surface area contributed by atoms with Gasteiger partial charge in [-0.3, -0.25) is 0 Å². The minimum absolute atomic E-state index is 0.0113. The fourth-order valence-electron chi connectivity index (χ4n) is 3.06. The number of hydrogen-bond acceptors (Lipinski definition) is 5. The van der Waals surface area contributed by atoms with Crippen molar-refractivity contribution in [3.63, 3.8) is 0 Å². The lowest BCUT2D eigenvalue weighted by Crippen LogP contribution is -2.50. The Labute approximate surface area is 96.9 Å². The van der Waals surface area contributed by atoms with Gasteiger partial charge in [0, 0.05) is 20.2 Å². The van der Waals surface area contributed by atoms with E-state index in [4.69, 9.17) is 19.9 Å². The molecule has 0 amide bonds. The molecule has 5 nitrogen and oxygen atoms in total. The van der Waals surface area contributed by atoms with Crippen LogP contribution in [0.2, 0.25) is 0 Å². The molecule has 2 heterocycles. The Morgan fingerprint density at radius 1 is 1.69 bits per heavy atom. The van der Waals surface area contributed by atoms with Crippen LogP contribution in [0.15, 0.2) is 12.4 Å². The van der Waals surface area contributed by atoms with E-state index < -0.39 is 5.60 Å². The summed E-state index contributed by atoms with van der Waals surface area (Å²) in [7, 11) is 5.40. The summed E-state index contributed by atoms with van der Waals surface area (Å²) >= 11 is 0. The van der Waals surface area contributed by atoms with Crippen LogP contribution in [0.25, 0.3) is 0 Å². The number of rotatable bonds is 4. The average molecular weight is 226 g/mol. The van der Waals surface area contributed by atoms with E-state index in [-0.39, 0.29) is 18.1 Å². The molecule has 2 rings (SSSR count). The second kappa shape index (κ2) is 3.94. The molecular formula is C10H19BN2O3. The van der Waals surface area contributed by atoms with Crippen LogP contribution in [0.1, 0.15) is 0 Å². The number of hydrogen-bond donors (Lipinski definition) is 1. The van der Waals surface area contributed by atoms with Crippen LogP contribution < -0.4 is 5.73 Å². The zero-order chi connectivity index (χ0) is 11.9. The number of likely N-dealkylation sites (tertiary alicyclic amines) is 1. The van der Waals surface area contributed by atoms with Crippen LogP contribution in [-0.2, 0) is 14.2 Å². The third-order valence-electron chi connectivity index (χ3n) is 3.54. The molecule has 2 unspecified atom stereocenters. The number of nitrogens with zero attached hydrogens (tertiary/aromatic N) is 1. The van der Waals surface area contributed by atoms with Crippen LogP contribution in [-0.4, -0.2) is 63.9 Å². The molecule has 0 spiro atoms. The predicted octanol–water partition coefficient (Wildman–Crippen LogP) is -1.51. The fourth-order valence-corrected chi connectivity index (χ4v) is 3.06. The van der Waals surface area contributed by atoms with Crippen molar-refractivity contribution in [1.29, 1.82) is 0 Å². The number of morpholine rings is 1. The zero-order valence-electron chi connectivity index (χ0n) is 10.1. The molecule has 2 fully saturated rings. The van der Waals surface area contributed by atoms with Crippen molar-refractivity contribution in [2.24, 2.45) is 5.73 Å². The second-order valence-electron chi connectivity index (χ2n) is 4.59. The van der Waals surface area contributed by atoms with Crippen LogP contribution >= 0.6 is 0 Å². The predicted molar refractivity (Wildman–Crippen MR) is 62.6 cm³/mol. The van der Waals surface area contributed by atoms with Gasteiger partial charge in [-0.15, -0.1) is 0 Å². The summed E-state index contributed by atoms with van der Waals surface area (Å²) in [6.07, 6.45) is -0.0113. The Kier molecular flexibility index (Phi) is 2.90. The molecule has 0 aromatic carbocycles. The number of methoxy groups -OCH3 is 2. The van der Waals surface area contributed by atoms with E-state index in [0.717, 1.165) is 0 Å². The number of ether oxygens (including phenoxy) is 3. The third-order valence-corrected chi connectivity index (χ3v) is 3.54. The van der Waals surface area contributed by atoms with Gasteiger partial charge in [-0.25, -0.2) is 0 Å². The smallest absolute Gasteiger partial charge is 0.142 e. The molecule has 4 atom stereocenters. The summed E-state index contributed by atoms with van der Waals surface area (Å²) in [4.78, 5) is 2.06.